The van der Waals surface area contributed by atoms with E-state index in [9.17, 15) is 2.74 Å². The number of nitrogens with one attached hydrogen (secondary N) is 2. The summed E-state index contributed by atoms with van der Waals surface area (Å²) in [5, 5.41) is 9.91. The molecule has 0 radical (unpaired) electrons. The summed E-state index contributed by atoms with van der Waals surface area (Å²) in [4.78, 5) is 5.12. The van der Waals surface area contributed by atoms with Crippen LogP contribution in [0.4, 0.5) is 22.7 Å². The van der Waals surface area contributed by atoms with Crippen LogP contribution in [0.25, 0.3) is 61.0 Å². The molecule has 0 bridgehead atoms. The average Bonchev–Trinajstić information content (AvgIpc) is 3.82. The highest BCUT2D eigenvalue weighted by Crippen LogP contribution is 2.45. The summed E-state index contributed by atoms with van der Waals surface area (Å²) in [7, 11) is 0. The van der Waals surface area contributed by atoms with E-state index in [4.69, 9.17) is 9.72 Å². The maximum absolute atomic E-state index is 9.46. The van der Waals surface area contributed by atoms with Gasteiger partial charge in [0.15, 0.2) is 0 Å². The second-order valence-corrected chi connectivity index (χ2v) is 25.5. The van der Waals surface area contributed by atoms with Crippen LogP contribution in [0.15, 0.2) is 188 Å². The average molecular weight is 1030 g/mol. The molecule has 0 atom stereocenters. The molecular weight excluding hydrogens is 949 g/mol. The Kier molecular flexibility index (Phi) is 13.6. The zero-order chi connectivity index (χ0) is 57.1. The predicted molar refractivity (Wildman–Crippen MR) is 334 cm³/mol. The predicted octanol–water partition coefficient (Wildman–Crippen LogP) is 20.8. The molecule has 5 heteroatoms. The van der Waals surface area contributed by atoms with Crippen molar-refractivity contribution in [2.45, 2.75) is 125 Å². The molecule has 0 saturated carbocycles. The summed E-state index contributed by atoms with van der Waals surface area (Å²) < 4.78 is 27.8. The van der Waals surface area contributed by atoms with E-state index < -0.39 is 6.37 Å². The highest BCUT2D eigenvalue weighted by molar-refractivity contribution is 6.09. The van der Waals surface area contributed by atoms with E-state index in [0.29, 0.717) is 22.9 Å². The Morgan fingerprint density at radius 3 is 1.71 bits per heavy atom. The number of rotatable bonds is 12. The number of nitrogens with zero attached hydrogens (tertiary/aromatic N) is 2. The quantitative estimate of drug-likeness (QED) is 0.128. The van der Waals surface area contributed by atoms with E-state index in [2.05, 4.69) is 244 Å². The summed E-state index contributed by atoms with van der Waals surface area (Å²) in [5.41, 5.74) is 17.6. The van der Waals surface area contributed by atoms with Gasteiger partial charge in [0, 0.05) is 54.2 Å². The van der Waals surface area contributed by atoms with Crippen LogP contribution < -0.4 is 15.4 Å². The number of hydrogen-bond donors (Lipinski definition) is 2. The van der Waals surface area contributed by atoms with Crippen molar-refractivity contribution in [1.29, 1.82) is 0 Å². The van der Waals surface area contributed by atoms with E-state index in [-0.39, 0.29) is 27.6 Å². The number of anilines is 4. The minimum absolute atomic E-state index is 0.00335. The van der Waals surface area contributed by atoms with Gasteiger partial charge in [0.05, 0.1) is 28.1 Å². The highest BCUT2D eigenvalue weighted by atomic mass is 16.5. The van der Waals surface area contributed by atoms with Crippen LogP contribution in [0.3, 0.4) is 0 Å². The Hall–Kier alpha value is -7.89. The highest BCUT2D eigenvalue weighted by Gasteiger charge is 2.25. The van der Waals surface area contributed by atoms with Crippen molar-refractivity contribution in [3.63, 3.8) is 0 Å². The third-order valence-corrected chi connectivity index (χ3v) is 14.9. The van der Waals surface area contributed by atoms with E-state index in [1.54, 1.807) is 0 Å². The van der Waals surface area contributed by atoms with Crippen LogP contribution in [0.1, 0.15) is 127 Å². The number of ether oxygens (including phenoxy) is 1. The molecule has 2 heterocycles. The lowest BCUT2D eigenvalue weighted by Gasteiger charge is -2.27. The third kappa shape index (κ3) is 11.4. The molecule has 2 aromatic heterocycles. The maximum atomic E-state index is 9.46. The molecule has 10 rings (SSSR count). The molecule has 0 aliphatic carbocycles. The van der Waals surface area contributed by atoms with Crippen LogP contribution in [-0.4, -0.2) is 9.55 Å². The lowest BCUT2D eigenvalue weighted by Crippen LogP contribution is -2.16. The number of para-hydroxylation sites is 4. The largest absolute Gasteiger partial charge is 0.457 e. The zero-order valence-corrected chi connectivity index (χ0v) is 48.3. The number of hydrogen-bond acceptors (Lipinski definition) is 4. The van der Waals surface area contributed by atoms with Crippen molar-refractivity contribution in [3.05, 3.63) is 216 Å². The number of benzene rings is 8. The molecule has 0 aliphatic rings. The van der Waals surface area contributed by atoms with Gasteiger partial charge in [-0.05, 0) is 127 Å². The molecule has 0 spiro atoms. The van der Waals surface area contributed by atoms with Gasteiger partial charge in [-0.3, -0.25) is 4.57 Å². The first kappa shape index (κ1) is 50.9. The van der Waals surface area contributed by atoms with Crippen molar-refractivity contribution >= 4 is 44.6 Å². The van der Waals surface area contributed by atoms with Crippen molar-refractivity contribution in [1.82, 2.24) is 9.55 Å². The smallest absolute Gasteiger partial charge is 0.137 e. The lowest BCUT2D eigenvalue weighted by molar-refractivity contribution is 0.483. The Labute approximate surface area is 467 Å². The van der Waals surface area contributed by atoms with E-state index >= 15 is 0 Å². The zero-order valence-electron chi connectivity index (χ0n) is 50.3. The molecule has 0 unspecified atom stereocenters. The first-order valence-corrected chi connectivity index (χ1v) is 27.7. The van der Waals surface area contributed by atoms with Crippen molar-refractivity contribution < 1.29 is 7.48 Å². The van der Waals surface area contributed by atoms with Crippen molar-refractivity contribution in [3.8, 4) is 50.7 Å². The Bertz CT molecular complexity index is 3880. The van der Waals surface area contributed by atoms with E-state index in [1.165, 1.54) is 27.8 Å². The standard InChI is InChI=1S/C73H78N4O/c1-47(2)38-50-42-68(74-46-63(50)48-32-34-52(35-33-48)70(3,4)5)77-66-31-18-15-26-61(66)62-37-36-58(45-67(62)77)78-57-25-20-24-56(44-57)75-64-29-16-17-30-65(64)76-69-59(49-22-19-23-53(39-49)71(6,7)8)27-21-28-60(69)51-40-54(72(9,10)11)43-55(41-51)73(12,13)14/h15-37,39-47,75-76H,38H2,1-14H3/i38D2. The van der Waals surface area contributed by atoms with Crippen LogP contribution in [-0.2, 0) is 28.0 Å². The number of fused-ring (bicyclic) bond motifs is 3. The minimum atomic E-state index is -1.64. The lowest BCUT2D eigenvalue weighted by atomic mass is 9.78. The normalized spacial score (nSPS) is 13.0. The van der Waals surface area contributed by atoms with E-state index in [0.717, 1.165) is 72.4 Å². The van der Waals surface area contributed by atoms with Gasteiger partial charge in [-0.1, -0.05) is 218 Å². The molecule has 0 saturated heterocycles. The first-order valence-electron chi connectivity index (χ1n) is 28.7. The second kappa shape index (κ2) is 20.8. The molecular formula is C73H78N4O. The van der Waals surface area contributed by atoms with Crippen LogP contribution >= 0.6 is 0 Å². The fourth-order valence-electron chi connectivity index (χ4n) is 10.4. The van der Waals surface area contributed by atoms with Gasteiger partial charge in [-0.2, -0.15) is 0 Å². The number of aromatic nitrogens is 2. The van der Waals surface area contributed by atoms with Gasteiger partial charge >= 0.3 is 0 Å². The summed E-state index contributed by atoms with van der Waals surface area (Å²) >= 11 is 0. The molecule has 0 aliphatic heterocycles. The second-order valence-electron chi connectivity index (χ2n) is 25.5. The molecule has 10 aromatic rings. The van der Waals surface area contributed by atoms with Crippen LogP contribution in [0.5, 0.6) is 11.5 Å². The van der Waals surface area contributed by atoms with Gasteiger partial charge in [-0.25, -0.2) is 4.98 Å². The Morgan fingerprint density at radius 1 is 0.462 bits per heavy atom. The molecule has 0 amide bonds. The minimum Gasteiger partial charge on any atom is -0.457 e. The molecule has 0 fully saturated rings. The summed E-state index contributed by atoms with van der Waals surface area (Å²) in [5.74, 6) is 1.70. The monoisotopic (exact) mass is 1030 g/mol. The van der Waals surface area contributed by atoms with Gasteiger partial charge in [0.1, 0.15) is 17.3 Å². The van der Waals surface area contributed by atoms with Gasteiger partial charge in [0.25, 0.3) is 0 Å². The molecule has 396 valence electrons. The first-order chi connectivity index (χ1) is 37.7. The summed E-state index contributed by atoms with van der Waals surface area (Å²) in [6.45, 7) is 31.1. The van der Waals surface area contributed by atoms with Gasteiger partial charge in [-0.15, -0.1) is 0 Å². The Balaban J connectivity index is 1.01. The topological polar surface area (TPSA) is 51.1 Å². The van der Waals surface area contributed by atoms with E-state index in [1.807, 2.05) is 56.4 Å². The van der Waals surface area contributed by atoms with Crippen molar-refractivity contribution in [2.24, 2.45) is 5.92 Å². The fourth-order valence-corrected chi connectivity index (χ4v) is 10.4. The van der Waals surface area contributed by atoms with Crippen LogP contribution in [0.2, 0.25) is 0 Å². The summed E-state index contributed by atoms with van der Waals surface area (Å²) in [6.07, 6.45) is 0.210. The van der Waals surface area contributed by atoms with Crippen LogP contribution in [0, 0.1) is 5.92 Å². The van der Waals surface area contributed by atoms with Gasteiger partial charge in [0.2, 0.25) is 0 Å². The maximum Gasteiger partial charge on any atom is 0.137 e. The molecule has 5 nitrogen and oxygen atoms in total. The fraction of sp³-hybridized carbons (Fsp3) is 0.274. The number of pyridine rings is 1. The SMILES string of the molecule is [2H]C([2H])(c1cc(-n2c3ccccc3c3ccc(Oc4cccc(Nc5ccccc5Nc5c(-c6cccc(C(C)(C)C)c6)cccc5-c5cc(C(C)(C)C)cc(C(C)(C)C)c5)c4)cc32)ncc1-c1ccc(C(C)(C)C)cc1)C(C)C. The molecule has 2 N–H and O–H groups in total. The summed E-state index contributed by atoms with van der Waals surface area (Å²) in [6, 6.07) is 64.3. The molecule has 78 heavy (non-hydrogen) atoms. The third-order valence-electron chi connectivity index (χ3n) is 14.9. The van der Waals surface area contributed by atoms with Crippen molar-refractivity contribution in [2.75, 3.05) is 10.6 Å². The molecule has 8 aromatic carbocycles. The Morgan fingerprint density at radius 2 is 1.04 bits per heavy atom. The van der Waals surface area contributed by atoms with Gasteiger partial charge < -0.3 is 15.4 Å².